The number of hydrogen-bond donors (Lipinski definition) is 0. The van der Waals surface area contributed by atoms with Crippen molar-refractivity contribution in [2.45, 2.75) is 32.9 Å². The molecule has 0 saturated carbocycles. The summed E-state index contributed by atoms with van der Waals surface area (Å²) < 4.78 is 3.17. The van der Waals surface area contributed by atoms with Gasteiger partial charge in [0, 0.05) is 38.4 Å². The fraction of sp³-hybridized carbons (Fsp3) is 0.391. The molecule has 1 atom stereocenters. The number of rotatable bonds is 6. The van der Waals surface area contributed by atoms with E-state index in [1.807, 2.05) is 19.1 Å². The molecule has 0 amide bonds. The molecule has 6 heteroatoms. The molecule has 2 aromatic carbocycles. The van der Waals surface area contributed by atoms with Gasteiger partial charge in [-0.05, 0) is 43.2 Å². The van der Waals surface area contributed by atoms with Crippen LogP contribution in [0.4, 0.5) is 5.69 Å². The van der Waals surface area contributed by atoms with Crippen molar-refractivity contribution in [2.24, 2.45) is 0 Å². The van der Waals surface area contributed by atoms with E-state index >= 15 is 0 Å². The summed E-state index contributed by atoms with van der Waals surface area (Å²) in [5.41, 5.74) is 3.35. The number of piperazine rings is 1. The minimum atomic E-state index is -0.0818. The Balaban J connectivity index is 1.39. The standard InChI is InChI=1S/C23H29N5O/c1-3-19(2)28-23(29)27(18-24-28)22-11-9-21(10-12-22)26-15-13-25(14-16-26)17-20-7-5-4-6-8-20/h4-12,18-19H,3,13-17H2,1-2H3. The van der Waals surface area contributed by atoms with E-state index in [2.05, 4.69) is 64.3 Å². The van der Waals surface area contributed by atoms with Crippen molar-refractivity contribution in [3.8, 4) is 5.69 Å². The molecule has 3 aromatic rings. The topological polar surface area (TPSA) is 46.3 Å². The first-order valence-corrected chi connectivity index (χ1v) is 10.4. The van der Waals surface area contributed by atoms with Gasteiger partial charge >= 0.3 is 5.69 Å². The molecule has 1 saturated heterocycles. The molecule has 0 N–H and O–H groups in total. The predicted octanol–water partition coefficient (Wildman–Crippen LogP) is 3.33. The molecule has 152 valence electrons. The number of nitrogens with zero attached hydrogens (tertiary/aromatic N) is 5. The van der Waals surface area contributed by atoms with Gasteiger partial charge < -0.3 is 4.90 Å². The van der Waals surface area contributed by atoms with Crippen molar-refractivity contribution in [3.63, 3.8) is 0 Å². The first kappa shape index (κ1) is 19.5. The lowest BCUT2D eigenvalue weighted by molar-refractivity contribution is 0.250. The maximum atomic E-state index is 12.6. The summed E-state index contributed by atoms with van der Waals surface area (Å²) in [5, 5.41) is 4.27. The van der Waals surface area contributed by atoms with Crippen molar-refractivity contribution < 1.29 is 0 Å². The summed E-state index contributed by atoms with van der Waals surface area (Å²) in [4.78, 5) is 17.5. The zero-order chi connectivity index (χ0) is 20.2. The third-order valence-electron chi connectivity index (χ3n) is 5.82. The van der Waals surface area contributed by atoms with Gasteiger partial charge in [0.05, 0.1) is 11.7 Å². The summed E-state index contributed by atoms with van der Waals surface area (Å²) in [5.74, 6) is 0. The lowest BCUT2D eigenvalue weighted by Gasteiger charge is -2.36. The quantitative estimate of drug-likeness (QED) is 0.647. The Morgan fingerprint density at radius 2 is 1.59 bits per heavy atom. The van der Waals surface area contributed by atoms with Crippen LogP contribution in [0.15, 0.2) is 65.7 Å². The molecule has 1 fully saturated rings. The van der Waals surface area contributed by atoms with Crippen LogP contribution in [0.25, 0.3) is 5.69 Å². The van der Waals surface area contributed by atoms with E-state index in [1.54, 1.807) is 15.6 Å². The van der Waals surface area contributed by atoms with Gasteiger partial charge in [0.15, 0.2) is 0 Å². The molecule has 6 nitrogen and oxygen atoms in total. The lowest BCUT2D eigenvalue weighted by atomic mass is 10.2. The van der Waals surface area contributed by atoms with E-state index < -0.39 is 0 Å². The molecular formula is C23H29N5O. The molecule has 1 aromatic heterocycles. The van der Waals surface area contributed by atoms with Crippen LogP contribution in [-0.2, 0) is 6.54 Å². The Labute approximate surface area is 172 Å². The summed E-state index contributed by atoms with van der Waals surface area (Å²) in [6.45, 7) is 9.21. The predicted molar refractivity (Wildman–Crippen MR) is 117 cm³/mol. The molecule has 0 aliphatic carbocycles. The second-order valence-corrected chi connectivity index (χ2v) is 7.75. The summed E-state index contributed by atoms with van der Waals surface area (Å²) in [6, 6.07) is 19.0. The average Bonchev–Trinajstić information content (AvgIpc) is 3.16. The molecule has 0 spiro atoms. The van der Waals surface area contributed by atoms with Crippen LogP contribution in [-0.4, -0.2) is 45.4 Å². The van der Waals surface area contributed by atoms with Crippen molar-refractivity contribution in [3.05, 3.63) is 77.0 Å². The van der Waals surface area contributed by atoms with Gasteiger partial charge in [-0.25, -0.2) is 14.0 Å². The lowest BCUT2D eigenvalue weighted by Crippen LogP contribution is -2.45. The summed E-state index contributed by atoms with van der Waals surface area (Å²) in [6.07, 6.45) is 2.50. The first-order valence-electron chi connectivity index (χ1n) is 10.4. The van der Waals surface area contributed by atoms with Crippen LogP contribution in [0.1, 0.15) is 31.9 Å². The van der Waals surface area contributed by atoms with Crippen molar-refractivity contribution in [2.75, 3.05) is 31.1 Å². The number of aromatic nitrogens is 3. The minimum Gasteiger partial charge on any atom is -0.369 e. The Bertz CT molecular complexity index is 969. The highest BCUT2D eigenvalue weighted by atomic mass is 16.2. The van der Waals surface area contributed by atoms with Crippen LogP contribution in [0.5, 0.6) is 0 Å². The van der Waals surface area contributed by atoms with Gasteiger partial charge in [-0.1, -0.05) is 37.3 Å². The van der Waals surface area contributed by atoms with Crippen molar-refractivity contribution in [1.29, 1.82) is 0 Å². The smallest absolute Gasteiger partial charge is 0.350 e. The van der Waals surface area contributed by atoms with Crippen LogP contribution < -0.4 is 10.6 Å². The van der Waals surface area contributed by atoms with Gasteiger partial charge in [0.1, 0.15) is 6.33 Å². The van der Waals surface area contributed by atoms with E-state index in [0.717, 1.165) is 44.8 Å². The van der Waals surface area contributed by atoms with Gasteiger partial charge in [-0.2, -0.15) is 5.10 Å². The van der Waals surface area contributed by atoms with Gasteiger partial charge in [0.25, 0.3) is 0 Å². The van der Waals surface area contributed by atoms with Crippen LogP contribution in [0, 0.1) is 0 Å². The highest BCUT2D eigenvalue weighted by Crippen LogP contribution is 2.19. The van der Waals surface area contributed by atoms with Crippen molar-refractivity contribution in [1.82, 2.24) is 19.2 Å². The minimum absolute atomic E-state index is 0.0818. The maximum absolute atomic E-state index is 12.6. The molecule has 4 rings (SSSR count). The highest BCUT2D eigenvalue weighted by molar-refractivity contribution is 5.51. The summed E-state index contributed by atoms with van der Waals surface area (Å²) in [7, 11) is 0. The van der Waals surface area contributed by atoms with Crippen LogP contribution >= 0.6 is 0 Å². The third-order valence-corrected chi connectivity index (χ3v) is 5.82. The zero-order valence-corrected chi connectivity index (χ0v) is 17.2. The SMILES string of the molecule is CCC(C)n1ncn(-c2ccc(N3CCN(Cc4ccccc4)CC3)cc2)c1=O. The Hall–Kier alpha value is -2.86. The average molecular weight is 392 g/mol. The van der Waals surface area contributed by atoms with Crippen LogP contribution in [0.2, 0.25) is 0 Å². The second-order valence-electron chi connectivity index (χ2n) is 7.75. The van der Waals surface area contributed by atoms with Gasteiger partial charge in [0.2, 0.25) is 0 Å². The summed E-state index contributed by atoms with van der Waals surface area (Å²) >= 11 is 0. The Morgan fingerprint density at radius 3 is 2.24 bits per heavy atom. The molecular weight excluding hydrogens is 362 g/mol. The fourth-order valence-electron chi connectivity index (χ4n) is 3.80. The van der Waals surface area contributed by atoms with E-state index in [1.165, 1.54) is 11.3 Å². The number of hydrogen-bond acceptors (Lipinski definition) is 4. The molecule has 1 aliphatic rings. The molecule has 29 heavy (non-hydrogen) atoms. The molecule has 1 unspecified atom stereocenters. The number of anilines is 1. The fourth-order valence-corrected chi connectivity index (χ4v) is 3.80. The number of benzene rings is 2. The monoisotopic (exact) mass is 391 g/mol. The van der Waals surface area contributed by atoms with Gasteiger partial charge in [-0.15, -0.1) is 0 Å². The zero-order valence-electron chi connectivity index (χ0n) is 17.2. The first-order chi connectivity index (χ1) is 14.2. The van der Waals surface area contributed by atoms with E-state index in [9.17, 15) is 4.79 Å². The molecule has 2 heterocycles. The molecule has 0 radical (unpaired) electrons. The third kappa shape index (κ3) is 4.27. The van der Waals surface area contributed by atoms with Crippen molar-refractivity contribution >= 4 is 5.69 Å². The second kappa shape index (κ2) is 8.66. The van der Waals surface area contributed by atoms with Crippen LogP contribution in [0.3, 0.4) is 0 Å². The molecule has 0 bridgehead atoms. The normalized spacial score (nSPS) is 16.1. The van der Waals surface area contributed by atoms with E-state index in [0.29, 0.717) is 0 Å². The largest absolute Gasteiger partial charge is 0.369 e. The highest BCUT2D eigenvalue weighted by Gasteiger charge is 2.18. The van der Waals surface area contributed by atoms with E-state index in [-0.39, 0.29) is 11.7 Å². The van der Waals surface area contributed by atoms with Gasteiger partial charge in [-0.3, -0.25) is 4.90 Å². The maximum Gasteiger partial charge on any atom is 0.350 e. The van der Waals surface area contributed by atoms with E-state index in [4.69, 9.17) is 0 Å². The Kier molecular flexibility index (Phi) is 5.81. The Morgan fingerprint density at radius 1 is 0.931 bits per heavy atom. The molecule has 1 aliphatic heterocycles.